The molecule has 2 atom stereocenters. The summed E-state index contributed by atoms with van der Waals surface area (Å²) in [5.41, 5.74) is 6.31. The van der Waals surface area contributed by atoms with E-state index in [2.05, 4.69) is 4.90 Å². The number of likely N-dealkylation sites (N-methyl/N-ethyl adjacent to an activating group) is 1. The van der Waals surface area contributed by atoms with Gasteiger partial charge in [0, 0.05) is 12.1 Å². The first-order valence-corrected chi connectivity index (χ1v) is 6.02. The molecule has 1 aromatic carbocycles. The Morgan fingerprint density at radius 3 is 2.33 bits per heavy atom. The van der Waals surface area contributed by atoms with Crippen LogP contribution in [-0.2, 0) is 6.18 Å². The molecule has 1 aromatic rings. The van der Waals surface area contributed by atoms with E-state index in [1.807, 2.05) is 7.05 Å². The molecule has 5 heteroatoms. The lowest BCUT2D eigenvalue weighted by molar-refractivity contribution is -0.137. The molecule has 0 bridgehead atoms. The molecule has 1 fully saturated rings. The number of piperidine rings is 1. The first kappa shape index (κ1) is 13.4. The van der Waals surface area contributed by atoms with Crippen molar-refractivity contribution in [1.29, 1.82) is 0 Å². The number of benzene rings is 1. The van der Waals surface area contributed by atoms with Crippen molar-refractivity contribution in [2.75, 3.05) is 13.6 Å². The fraction of sp³-hybridized carbons (Fsp3) is 0.538. The highest BCUT2D eigenvalue weighted by molar-refractivity contribution is 5.28. The Bertz CT molecular complexity index is 390. The molecule has 1 saturated heterocycles. The number of hydrogen-bond acceptors (Lipinski definition) is 2. The molecule has 100 valence electrons. The molecular formula is C13H17F3N2. The summed E-state index contributed by atoms with van der Waals surface area (Å²) in [6.45, 7) is 0.930. The summed E-state index contributed by atoms with van der Waals surface area (Å²) < 4.78 is 37.4. The first-order chi connectivity index (χ1) is 8.39. The summed E-state index contributed by atoms with van der Waals surface area (Å²) in [5.74, 6) is 0. The molecule has 1 aliphatic heterocycles. The molecule has 0 radical (unpaired) electrons. The van der Waals surface area contributed by atoms with Crippen molar-refractivity contribution in [3.8, 4) is 0 Å². The zero-order valence-corrected chi connectivity index (χ0v) is 10.2. The largest absolute Gasteiger partial charge is 0.416 e. The number of halogens is 3. The summed E-state index contributed by atoms with van der Waals surface area (Å²) in [5, 5.41) is 0. The predicted octanol–water partition coefficient (Wildman–Crippen LogP) is 2.80. The second-order valence-corrected chi connectivity index (χ2v) is 4.85. The van der Waals surface area contributed by atoms with Gasteiger partial charge in [0.2, 0.25) is 0 Å². The maximum absolute atomic E-state index is 12.5. The number of likely N-dealkylation sites (tertiary alicyclic amines) is 1. The van der Waals surface area contributed by atoms with Crippen LogP contribution in [0, 0.1) is 0 Å². The average Bonchev–Trinajstić information content (AvgIpc) is 2.28. The molecule has 1 aliphatic rings. The van der Waals surface area contributed by atoms with Gasteiger partial charge in [0.05, 0.1) is 5.56 Å². The van der Waals surface area contributed by atoms with Crippen molar-refractivity contribution in [3.63, 3.8) is 0 Å². The topological polar surface area (TPSA) is 29.3 Å². The Morgan fingerprint density at radius 2 is 1.83 bits per heavy atom. The van der Waals surface area contributed by atoms with Gasteiger partial charge in [0.15, 0.2) is 0 Å². The molecule has 2 N–H and O–H groups in total. The van der Waals surface area contributed by atoms with Gasteiger partial charge in [-0.05, 0) is 44.1 Å². The highest BCUT2D eigenvalue weighted by Crippen LogP contribution is 2.33. The minimum atomic E-state index is -4.28. The van der Waals surface area contributed by atoms with Gasteiger partial charge in [-0.1, -0.05) is 12.1 Å². The Kier molecular flexibility index (Phi) is 3.64. The average molecular weight is 258 g/mol. The lowest BCUT2D eigenvalue weighted by Crippen LogP contribution is -2.43. The van der Waals surface area contributed by atoms with Crippen LogP contribution in [0.2, 0.25) is 0 Å². The van der Waals surface area contributed by atoms with Crippen LogP contribution in [-0.4, -0.2) is 24.5 Å². The highest BCUT2D eigenvalue weighted by atomic mass is 19.4. The van der Waals surface area contributed by atoms with Crippen LogP contribution in [0.3, 0.4) is 0 Å². The molecule has 2 unspecified atom stereocenters. The third-order valence-corrected chi connectivity index (χ3v) is 3.51. The van der Waals surface area contributed by atoms with Crippen LogP contribution in [0.4, 0.5) is 13.2 Å². The van der Waals surface area contributed by atoms with Gasteiger partial charge >= 0.3 is 6.18 Å². The van der Waals surface area contributed by atoms with Crippen LogP contribution in [0.5, 0.6) is 0 Å². The molecule has 0 aromatic heterocycles. The molecule has 18 heavy (non-hydrogen) atoms. The van der Waals surface area contributed by atoms with Crippen molar-refractivity contribution in [3.05, 3.63) is 35.4 Å². The molecule has 0 spiro atoms. The summed E-state index contributed by atoms with van der Waals surface area (Å²) in [7, 11) is 1.96. The Balaban J connectivity index is 2.23. The predicted molar refractivity (Wildman–Crippen MR) is 64.0 cm³/mol. The van der Waals surface area contributed by atoms with Gasteiger partial charge in [-0.2, -0.15) is 13.2 Å². The molecular weight excluding hydrogens is 241 g/mol. The molecule has 0 amide bonds. The summed E-state index contributed by atoms with van der Waals surface area (Å²) in [4.78, 5) is 2.11. The van der Waals surface area contributed by atoms with E-state index in [1.165, 1.54) is 12.1 Å². The Labute approximate surface area is 105 Å². The van der Waals surface area contributed by atoms with Crippen molar-refractivity contribution < 1.29 is 13.2 Å². The van der Waals surface area contributed by atoms with Crippen molar-refractivity contribution in [2.45, 2.75) is 31.1 Å². The summed E-state index contributed by atoms with van der Waals surface area (Å²) in [6.07, 6.45) is -2.33. The van der Waals surface area contributed by atoms with E-state index in [0.29, 0.717) is 0 Å². The zero-order chi connectivity index (χ0) is 13.3. The Morgan fingerprint density at radius 1 is 1.22 bits per heavy atom. The fourth-order valence-electron chi connectivity index (χ4n) is 2.57. The van der Waals surface area contributed by atoms with E-state index >= 15 is 0 Å². The smallest absolute Gasteiger partial charge is 0.326 e. The maximum Gasteiger partial charge on any atom is 0.416 e. The van der Waals surface area contributed by atoms with E-state index in [9.17, 15) is 13.2 Å². The second kappa shape index (κ2) is 4.90. The maximum atomic E-state index is 12.5. The fourth-order valence-corrected chi connectivity index (χ4v) is 2.57. The van der Waals surface area contributed by atoms with Gasteiger partial charge in [-0.25, -0.2) is 0 Å². The Hall–Kier alpha value is -1.07. The second-order valence-electron chi connectivity index (χ2n) is 4.85. The SMILES string of the molecule is CN1CCCC(N)C1c1ccc(C(F)(F)F)cc1. The molecule has 0 saturated carbocycles. The van der Waals surface area contributed by atoms with Crippen molar-refractivity contribution in [1.82, 2.24) is 4.90 Å². The van der Waals surface area contributed by atoms with Gasteiger partial charge in [0.1, 0.15) is 0 Å². The third-order valence-electron chi connectivity index (χ3n) is 3.51. The van der Waals surface area contributed by atoms with E-state index < -0.39 is 11.7 Å². The van der Waals surface area contributed by atoms with E-state index in [0.717, 1.165) is 37.1 Å². The van der Waals surface area contributed by atoms with Crippen LogP contribution < -0.4 is 5.73 Å². The van der Waals surface area contributed by atoms with E-state index in [-0.39, 0.29) is 12.1 Å². The van der Waals surface area contributed by atoms with Gasteiger partial charge in [-0.15, -0.1) is 0 Å². The number of alkyl halides is 3. The molecule has 1 heterocycles. The first-order valence-electron chi connectivity index (χ1n) is 6.02. The highest BCUT2D eigenvalue weighted by Gasteiger charge is 2.32. The van der Waals surface area contributed by atoms with Crippen molar-refractivity contribution >= 4 is 0 Å². The monoisotopic (exact) mass is 258 g/mol. The third kappa shape index (κ3) is 2.67. The van der Waals surface area contributed by atoms with Gasteiger partial charge in [0.25, 0.3) is 0 Å². The van der Waals surface area contributed by atoms with Crippen LogP contribution in [0.1, 0.15) is 30.0 Å². The van der Waals surface area contributed by atoms with Gasteiger partial charge in [-0.3, -0.25) is 4.90 Å². The number of nitrogens with two attached hydrogens (primary N) is 1. The molecule has 0 aliphatic carbocycles. The zero-order valence-electron chi connectivity index (χ0n) is 10.2. The standard InChI is InChI=1S/C13H17F3N2/c1-18-8-2-3-11(17)12(18)9-4-6-10(7-5-9)13(14,15)16/h4-7,11-12H,2-3,8,17H2,1H3. The van der Waals surface area contributed by atoms with Crippen LogP contribution in [0.15, 0.2) is 24.3 Å². The van der Waals surface area contributed by atoms with Crippen LogP contribution in [0.25, 0.3) is 0 Å². The quantitative estimate of drug-likeness (QED) is 0.839. The lowest BCUT2D eigenvalue weighted by atomic mass is 9.91. The normalized spacial score (nSPS) is 26.3. The number of rotatable bonds is 1. The van der Waals surface area contributed by atoms with Gasteiger partial charge < -0.3 is 5.73 Å². The lowest BCUT2D eigenvalue weighted by Gasteiger charge is -2.37. The molecule has 2 rings (SSSR count). The minimum Gasteiger partial charge on any atom is -0.326 e. The van der Waals surface area contributed by atoms with Crippen LogP contribution >= 0.6 is 0 Å². The number of nitrogens with zero attached hydrogens (tertiary/aromatic N) is 1. The van der Waals surface area contributed by atoms with E-state index in [1.54, 1.807) is 0 Å². The van der Waals surface area contributed by atoms with E-state index in [4.69, 9.17) is 5.73 Å². The summed E-state index contributed by atoms with van der Waals surface area (Å²) >= 11 is 0. The summed E-state index contributed by atoms with van der Waals surface area (Å²) in [6, 6.07) is 5.33. The number of hydrogen-bond donors (Lipinski definition) is 1. The minimum absolute atomic E-state index is 0.0134. The molecule has 2 nitrogen and oxygen atoms in total. The van der Waals surface area contributed by atoms with Crippen molar-refractivity contribution in [2.24, 2.45) is 5.73 Å².